The molecule has 2 aromatic carbocycles. The molecule has 166 valence electrons. The number of imidazole rings is 1. The summed E-state index contributed by atoms with van der Waals surface area (Å²) in [5.41, 5.74) is 5.73. The molecule has 7 nitrogen and oxygen atoms in total. The van der Waals surface area contributed by atoms with Crippen LogP contribution in [0.1, 0.15) is 24.8 Å². The molecule has 5 rings (SSSR count). The van der Waals surface area contributed by atoms with Gasteiger partial charge in [0.1, 0.15) is 6.07 Å². The minimum Gasteiger partial charge on any atom is -0.370 e. The van der Waals surface area contributed by atoms with E-state index in [2.05, 4.69) is 50.1 Å². The van der Waals surface area contributed by atoms with Gasteiger partial charge in [0.2, 0.25) is 0 Å². The smallest absolute Gasteiger partial charge is 0.330 e. The zero-order valence-corrected chi connectivity index (χ0v) is 20.1. The van der Waals surface area contributed by atoms with Gasteiger partial charge < -0.3 is 4.90 Å². The Morgan fingerprint density at radius 2 is 1.67 bits per heavy atom. The quantitative estimate of drug-likeness (QED) is 0.408. The minimum absolute atomic E-state index is 0.180. The molecular weight excluding hydrogens is 480 g/mol. The summed E-state index contributed by atoms with van der Waals surface area (Å²) in [6, 6.07) is 14.7. The zero-order valence-electron chi connectivity index (χ0n) is 18.5. The van der Waals surface area contributed by atoms with Gasteiger partial charge in [0.15, 0.2) is 11.3 Å². The summed E-state index contributed by atoms with van der Waals surface area (Å²) in [6.45, 7) is 1.85. The molecule has 2 aromatic heterocycles. The summed E-state index contributed by atoms with van der Waals surface area (Å²) in [5.74, 6) is 0. The summed E-state index contributed by atoms with van der Waals surface area (Å²) < 4.78 is 3.98. The first-order chi connectivity index (χ1) is 16.0. The van der Waals surface area contributed by atoms with Crippen molar-refractivity contribution in [3.63, 3.8) is 0 Å². The van der Waals surface area contributed by atoms with Gasteiger partial charge in [-0.15, -0.1) is 0 Å². The highest BCUT2D eigenvalue weighted by molar-refractivity contribution is 9.10. The Morgan fingerprint density at radius 1 is 0.970 bits per heavy atom. The second-order valence-corrected chi connectivity index (χ2v) is 9.30. The van der Waals surface area contributed by atoms with Crippen molar-refractivity contribution in [2.45, 2.75) is 19.3 Å². The third-order valence-corrected chi connectivity index (χ3v) is 6.85. The van der Waals surface area contributed by atoms with Crippen molar-refractivity contribution in [2.75, 3.05) is 18.0 Å². The first-order valence-electron chi connectivity index (χ1n) is 11.0. The van der Waals surface area contributed by atoms with E-state index >= 15 is 0 Å². The van der Waals surface area contributed by atoms with Gasteiger partial charge in [-0.25, -0.2) is 14.8 Å². The van der Waals surface area contributed by atoms with E-state index < -0.39 is 0 Å². The fraction of sp³-hybridized carbons (Fsp3) is 0.280. The van der Waals surface area contributed by atoms with Gasteiger partial charge in [-0.05, 0) is 54.7 Å². The number of hydrogen-bond acceptors (Lipinski definition) is 5. The lowest BCUT2D eigenvalue weighted by atomic mass is 9.94. The average Bonchev–Trinajstić information content (AvgIpc) is 3.07. The number of nitriles is 1. The molecule has 1 saturated heterocycles. The molecule has 8 heteroatoms. The van der Waals surface area contributed by atoms with Crippen molar-refractivity contribution in [1.82, 2.24) is 19.1 Å². The number of aryl methyl sites for hydroxylation is 2. The van der Waals surface area contributed by atoms with Gasteiger partial charge in [0.05, 0.1) is 23.1 Å². The van der Waals surface area contributed by atoms with Gasteiger partial charge in [0, 0.05) is 37.2 Å². The molecular formula is C25H23BrN6O. The lowest BCUT2D eigenvalue weighted by molar-refractivity contribution is 0.577. The Labute approximate surface area is 200 Å². The van der Waals surface area contributed by atoms with Crippen LogP contribution in [0.25, 0.3) is 33.7 Å². The molecule has 33 heavy (non-hydrogen) atoms. The third-order valence-electron chi connectivity index (χ3n) is 6.32. The average molecular weight is 503 g/mol. The third kappa shape index (κ3) is 3.72. The summed E-state index contributed by atoms with van der Waals surface area (Å²) in [4.78, 5) is 24.0. The van der Waals surface area contributed by atoms with Crippen LogP contribution in [0, 0.1) is 11.3 Å². The number of hydrogen-bond donors (Lipinski definition) is 0. The van der Waals surface area contributed by atoms with Crippen LogP contribution >= 0.6 is 15.9 Å². The molecule has 1 aliphatic heterocycles. The first kappa shape index (κ1) is 21.4. The standard InChI is InChI=1S/C25H23BrN6O/c1-30-23-24(31(2)25(30)33)29-21(15-28-23)19-12-17(16-6-8-18(26)9-7-16)13-22(20(19)14-27)32-10-4-3-5-11-32/h6-9,12-13,15H,3-5,10-11H2,1-2H3. The van der Waals surface area contributed by atoms with Crippen LogP contribution in [0.2, 0.25) is 0 Å². The molecule has 0 aliphatic carbocycles. The van der Waals surface area contributed by atoms with Crippen molar-refractivity contribution in [1.29, 1.82) is 5.26 Å². The Balaban J connectivity index is 1.76. The van der Waals surface area contributed by atoms with Crippen LogP contribution in [-0.2, 0) is 14.1 Å². The van der Waals surface area contributed by atoms with Gasteiger partial charge in [0.25, 0.3) is 0 Å². The lowest BCUT2D eigenvalue weighted by Gasteiger charge is -2.30. The number of anilines is 1. The van der Waals surface area contributed by atoms with Crippen molar-refractivity contribution >= 4 is 32.9 Å². The Hall–Kier alpha value is -3.44. The first-order valence-corrected chi connectivity index (χ1v) is 11.7. The molecule has 1 fully saturated rings. The van der Waals surface area contributed by atoms with Gasteiger partial charge in [-0.2, -0.15) is 5.26 Å². The van der Waals surface area contributed by atoms with E-state index in [0.29, 0.717) is 22.6 Å². The van der Waals surface area contributed by atoms with Crippen LogP contribution in [0.5, 0.6) is 0 Å². The summed E-state index contributed by atoms with van der Waals surface area (Å²) in [7, 11) is 3.37. The molecule has 0 saturated carbocycles. The number of fused-ring (bicyclic) bond motifs is 1. The van der Waals surface area contributed by atoms with Gasteiger partial charge >= 0.3 is 5.69 Å². The molecule has 0 bridgehead atoms. The summed E-state index contributed by atoms with van der Waals surface area (Å²) in [5, 5.41) is 10.2. The molecule has 1 aliphatic rings. The van der Waals surface area contributed by atoms with Crippen molar-refractivity contribution in [2.24, 2.45) is 14.1 Å². The number of halogens is 1. The fourth-order valence-electron chi connectivity index (χ4n) is 4.51. The molecule has 4 aromatic rings. The molecule has 0 unspecified atom stereocenters. The highest BCUT2D eigenvalue weighted by atomic mass is 79.9. The molecule has 3 heterocycles. The predicted octanol–water partition coefficient (Wildman–Crippen LogP) is 4.63. The minimum atomic E-state index is -0.180. The van der Waals surface area contributed by atoms with E-state index in [9.17, 15) is 10.1 Å². The maximum absolute atomic E-state index is 12.4. The lowest BCUT2D eigenvalue weighted by Crippen LogP contribution is -2.30. The molecule has 0 spiro atoms. The van der Waals surface area contributed by atoms with Crippen molar-refractivity contribution in [3.05, 3.63) is 63.1 Å². The van der Waals surface area contributed by atoms with Crippen LogP contribution in [0.3, 0.4) is 0 Å². The fourth-order valence-corrected chi connectivity index (χ4v) is 4.77. The van der Waals surface area contributed by atoms with E-state index in [-0.39, 0.29) is 5.69 Å². The number of nitrogens with zero attached hydrogens (tertiary/aromatic N) is 6. The van der Waals surface area contributed by atoms with Crippen LogP contribution < -0.4 is 10.6 Å². The zero-order chi connectivity index (χ0) is 23.1. The Bertz CT molecular complexity index is 1460. The molecule has 0 N–H and O–H groups in total. The largest absolute Gasteiger partial charge is 0.370 e. The van der Waals surface area contributed by atoms with E-state index in [1.807, 2.05) is 18.2 Å². The normalized spacial score (nSPS) is 13.9. The molecule has 0 amide bonds. The summed E-state index contributed by atoms with van der Waals surface area (Å²) >= 11 is 3.51. The van der Waals surface area contributed by atoms with Gasteiger partial charge in [-0.3, -0.25) is 9.13 Å². The van der Waals surface area contributed by atoms with Gasteiger partial charge in [-0.1, -0.05) is 28.1 Å². The number of aromatic nitrogens is 4. The number of rotatable bonds is 3. The van der Waals surface area contributed by atoms with E-state index in [0.717, 1.165) is 52.8 Å². The topological polar surface area (TPSA) is 79.7 Å². The second-order valence-electron chi connectivity index (χ2n) is 8.39. The number of benzene rings is 2. The van der Waals surface area contributed by atoms with Crippen molar-refractivity contribution in [3.8, 4) is 28.5 Å². The van der Waals surface area contributed by atoms with E-state index in [1.54, 1.807) is 20.3 Å². The Kier molecular flexibility index (Phi) is 5.51. The maximum Gasteiger partial charge on any atom is 0.330 e. The molecule has 0 radical (unpaired) electrons. The van der Waals surface area contributed by atoms with Crippen molar-refractivity contribution < 1.29 is 0 Å². The number of piperidine rings is 1. The molecule has 0 atom stereocenters. The predicted molar refractivity (Wildman–Crippen MR) is 133 cm³/mol. The Morgan fingerprint density at radius 3 is 2.36 bits per heavy atom. The second kappa shape index (κ2) is 8.49. The van der Waals surface area contributed by atoms with Crippen LogP contribution in [0.15, 0.2) is 51.9 Å². The monoisotopic (exact) mass is 502 g/mol. The highest BCUT2D eigenvalue weighted by Gasteiger charge is 2.22. The highest BCUT2D eigenvalue weighted by Crippen LogP contribution is 2.37. The van der Waals surface area contributed by atoms with E-state index in [4.69, 9.17) is 4.98 Å². The van der Waals surface area contributed by atoms with E-state index in [1.165, 1.54) is 15.6 Å². The summed E-state index contributed by atoms with van der Waals surface area (Å²) in [6.07, 6.45) is 5.09. The van der Waals surface area contributed by atoms with Crippen LogP contribution in [0.4, 0.5) is 5.69 Å². The SMILES string of the molecule is Cn1c(=O)n(C)c2nc(-c3cc(-c4ccc(Br)cc4)cc(N4CCCCC4)c3C#N)cnc21. The maximum atomic E-state index is 12.4. The van der Waals surface area contributed by atoms with Crippen LogP contribution in [-0.4, -0.2) is 32.2 Å².